The number of carbonyl (C=O) groups is 1. The normalized spacial score (nSPS) is 23.4. The molecular formula is C17H22F4N4O2. The number of amides is 1. The Kier molecular flexibility index (Phi) is 5.59. The van der Waals surface area contributed by atoms with Crippen molar-refractivity contribution in [3.8, 4) is 5.75 Å². The van der Waals surface area contributed by atoms with Gasteiger partial charge in [0.05, 0.1) is 0 Å². The number of ether oxygens (including phenoxy) is 1. The van der Waals surface area contributed by atoms with Gasteiger partial charge in [0.25, 0.3) is 0 Å². The fourth-order valence-electron chi connectivity index (χ4n) is 3.43. The van der Waals surface area contributed by atoms with E-state index in [0.717, 1.165) is 0 Å². The van der Waals surface area contributed by atoms with Gasteiger partial charge in [-0.15, -0.1) is 0 Å². The maximum Gasteiger partial charge on any atom is 0.402 e. The van der Waals surface area contributed by atoms with E-state index in [-0.39, 0.29) is 25.4 Å². The van der Waals surface area contributed by atoms with Gasteiger partial charge in [0.1, 0.15) is 6.61 Å². The zero-order valence-electron chi connectivity index (χ0n) is 15.1. The largest absolute Gasteiger partial charge is 0.489 e. The Morgan fingerprint density at radius 3 is 2.56 bits per heavy atom. The third-order valence-electron chi connectivity index (χ3n) is 4.81. The summed E-state index contributed by atoms with van der Waals surface area (Å²) in [5.74, 6) is -3.69. The highest BCUT2D eigenvalue weighted by Gasteiger charge is 2.53. The molecule has 27 heavy (non-hydrogen) atoms. The molecule has 1 fully saturated rings. The number of nitrogens with one attached hydrogen (secondary N) is 2. The fourth-order valence-corrected chi connectivity index (χ4v) is 3.43. The first-order valence-corrected chi connectivity index (χ1v) is 8.59. The summed E-state index contributed by atoms with van der Waals surface area (Å²) in [6.07, 6.45) is -4.66. The third-order valence-corrected chi connectivity index (χ3v) is 4.81. The van der Waals surface area contributed by atoms with Crippen LogP contribution in [-0.4, -0.2) is 61.7 Å². The smallest absolute Gasteiger partial charge is 0.402 e. The molecule has 1 amide bonds. The van der Waals surface area contributed by atoms with E-state index in [2.05, 4.69) is 5.43 Å². The molecule has 2 unspecified atom stereocenters. The Labute approximate surface area is 154 Å². The Hall–Kier alpha value is -1.91. The lowest BCUT2D eigenvalue weighted by atomic mass is 9.95. The molecule has 1 aromatic carbocycles. The molecule has 6 nitrogen and oxygen atoms in total. The van der Waals surface area contributed by atoms with Crippen LogP contribution >= 0.6 is 0 Å². The molecule has 2 aliphatic heterocycles. The van der Waals surface area contributed by atoms with Gasteiger partial charge in [-0.2, -0.15) is 13.2 Å². The summed E-state index contributed by atoms with van der Waals surface area (Å²) in [4.78, 5) is 15.2. The standard InChI is InChI=1S/C17H22F4N4O2/c1-24(2)3-4-27-14-6-11-9-25(8-10(11)5-12(14)18)13-7-22-23-16(26)15(13)17(19,20)21/h5-6,13,15,22H,3-4,7-9H2,1-2H3,(H,23,26). The zero-order chi connectivity index (χ0) is 19.8. The molecule has 0 aromatic heterocycles. The van der Waals surface area contributed by atoms with E-state index in [0.29, 0.717) is 24.3 Å². The molecule has 1 saturated heterocycles. The van der Waals surface area contributed by atoms with E-state index in [9.17, 15) is 22.4 Å². The van der Waals surface area contributed by atoms with Crippen molar-refractivity contribution >= 4 is 5.91 Å². The Balaban J connectivity index is 1.75. The molecule has 3 rings (SSSR count). The van der Waals surface area contributed by atoms with Crippen LogP contribution in [-0.2, 0) is 17.9 Å². The van der Waals surface area contributed by atoms with E-state index in [4.69, 9.17) is 4.74 Å². The highest BCUT2D eigenvalue weighted by atomic mass is 19.4. The molecule has 0 radical (unpaired) electrons. The van der Waals surface area contributed by atoms with E-state index in [1.165, 1.54) is 6.07 Å². The van der Waals surface area contributed by atoms with Crippen LogP contribution in [0.25, 0.3) is 0 Å². The SMILES string of the molecule is CN(C)CCOc1cc2c(cc1F)CN(C1CNNC(=O)C1C(F)(F)F)C2. The second-order valence-electron chi connectivity index (χ2n) is 7.06. The number of rotatable bonds is 5. The first-order valence-electron chi connectivity index (χ1n) is 8.59. The number of likely N-dealkylation sites (N-methyl/N-ethyl adjacent to an activating group) is 1. The maximum absolute atomic E-state index is 14.3. The number of hydrogen-bond donors (Lipinski definition) is 2. The van der Waals surface area contributed by atoms with Crippen LogP contribution in [0.15, 0.2) is 12.1 Å². The van der Waals surface area contributed by atoms with Crippen LogP contribution in [0.5, 0.6) is 5.75 Å². The minimum absolute atomic E-state index is 0.0431. The van der Waals surface area contributed by atoms with Crippen molar-refractivity contribution in [2.75, 3.05) is 33.8 Å². The minimum Gasteiger partial charge on any atom is -0.489 e. The number of benzene rings is 1. The second kappa shape index (κ2) is 7.61. The van der Waals surface area contributed by atoms with Crippen molar-refractivity contribution < 1.29 is 27.1 Å². The molecule has 2 atom stereocenters. The molecular weight excluding hydrogens is 368 g/mol. The number of fused-ring (bicyclic) bond motifs is 1. The molecule has 0 spiro atoms. The Morgan fingerprint density at radius 1 is 1.26 bits per heavy atom. The highest BCUT2D eigenvalue weighted by Crippen LogP contribution is 2.37. The number of carbonyl (C=O) groups excluding carboxylic acids is 1. The van der Waals surface area contributed by atoms with Gasteiger partial charge < -0.3 is 9.64 Å². The Bertz CT molecular complexity index is 711. The van der Waals surface area contributed by atoms with Crippen LogP contribution in [0, 0.1) is 11.7 Å². The summed E-state index contributed by atoms with van der Waals surface area (Å²) < 4.78 is 59.8. The Morgan fingerprint density at radius 2 is 1.93 bits per heavy atom. The number of nitrogens with zero attached hydrogens (tertiary/aromatic N) is 2. The lowest BCUT2D eigenvalue weighted by Gasteiger charge is -2.38. The summed E-state index contributed by atoms with van der Waals surface area (Å²) in [6.45, 7) is 1.22. The number of alkyl halides is 3. The van der Waals surface area contributed by atoms with Gasteiger partial charge in [-0.05, 0) is 37.4 Å². The summed E-state index contributed by atoms with van der Waals surface area (Å²) in [6, 6.07) is 1.78. The highest BCUT2D eigenvalue weighted by molar-refractivity contribution is 5.80. The van der Waals surface area contributed by atoms with Gasteiger partial charge >= 0.3 is 6.18 Å². The van der Waals surface area contributed by atoms with E-state index >= 15 is 0 Å². The van der Waals surface area contributed by atoms with Gasteiger partial charge in [0, 0.05) is 32.2 Å². The number of hydrazine groups is 1. The zero-order valence-corrected chi connectivity index (χ0v) is 15.1. The summed E-state index contributed by atoms with van der Waals surface area (Å²) in [5.41, 5.74) is 5.87. The molecule has 0 aliphatic carbocycles. The van der Waals surface area contributed by atoms with Gasteiger partial charge in [0.15, 0.2) is 17.5 Å². The van der Waals surface area contributed by atoms with Gasteiger partial charge in [0.2, 0.25) is 5.91 Å². The van der Waals surface area contributed by atoms with Crippen molar-refractivity contribution in [2.24, 2.45) is 5.92 Å². The van der Waals surface area contributed by atoms with Crippen LogP contribution < -0.4 is 15.6 Å². The molecule has 10 heteroatoms. The monoisotopic (exact) mass is 390 g/mol. The number of hydrogen-bond acceptors (Lipinski definition) is 5. The summed E-state index contributed by atoms with van der Waals surface area (Å²) in [7, 11) is 3.73. The molecule has 150 valence electrons. The first-order chi connectivity index (χ1) is 12.7. The van der Waals surface area contributed by atoms with Crippen molar-refractivity contribution in [2.45, 2.75) is 25.3 Å². The van der Waals surface area contributed by atoms with E-state index in [1.807, 2.05) is 24.4 Å². The molecule has 1 aromatic rings. The van der Waals surface area contributed by atoms with Crippen LogP contribution in [0.2, 0.25) is 0 Å². The number of halogens is 4. The van der Waals surface area contributed by atoms with Gasteiger partial charge in [-0.1, -0.05) is 0 Å². The lowest BCUT2D eigenvalue weighted by Crippen LogP contribution is -2.63. The van der Waals surface area contributed by atoms with Crippen LogP contribution in [0.4, 0.5) is 17.6 Å². The molecule has 2 N–H and O–H groups in total. The van der Waals surface area contributed by atoms with Crippen molar-refractivity contribution in [3.63, 3.8) is 0 Å². The second-order valence-corrected chi connectivity index (χ2v) is 7.06. The quantitative estimate of drug-likeness (QED) is 0.742. The predicted octanol–water partition coefficient (Wildman–Crippen LogP) is 1.26. The van der Waals surface area contributed by atoms with E-state index in [1.54, 1.807) is 11.0 Å². The van der Waals surface area contributed by atoms with Gasteiger partial charge in [-0.3, -0.25) is 15.1 Å². The third kappa shape index (κ3) is 4.33. The fraction of sp³-hybridized carbons (Fsp3) is 0.588. The minimum atomic E-state index is -4.66. The van der Waals surface area contributed by atoms with E-state index < -0.39 is 29.9 Å². The molecule has 0 bridgehead atoms. The maximum atomic E-state index is 14.3. The summed E-state index contributed by atoms with van der Waals surface area (Å²) >= 11 is 0. The average Bonchev–Trinajstić information content (AvgIpc) is 2.96. The molecule has 2 heterocycles. The first kappa shape index (κ1) is 19.8. The lowest BCUT2D eigenvalue weighted by molar-refractivity contribution is -0.201. The average molecular weight is 390 g/mol. The summed E-state index contributed by atoms with van der Waals surface area (Å²) in [5, 5.41) is 0. The topological polar surface area (TPSA) is 56.8 Å². The van der Waals surface area contributed by atoms with Gasteiger partial charge in [-0.25, -0.2) is 9.82 Å². The van der Waals surface area contributed by atoms with Crippen molar-refractivity contribution in [1.82, 2.24) is 20.7 Å². The van der Waals surface area contributed by atoms with Crippen molar-refractivity contribution in [3.05, 3.63) is 29.1 Å². The van der Waals surface area contributed by atoms with Crippen LogP contribution in [0.1, 0.15) is 11.1 Å². The van der Waals surface area contributed by atoms with Crippen molar-refractivity contribution in [1.29, 1.82) is 0 Å². The molecule has 2 aliphatic rings. The predicted molar refractivity (Wildman–Crippen MR) is 89.2 cm³/mol. The molecule has 0 saturated carbocycles. The van der Waals surface area contributed by atoms with Crippen LogP contribution in [0.3, 0.4) is 0 Å².